The van der Waals surface area contributed by atoms with E-state index in [1.165, 1.54) is 13.2 Å². The van der Waals surface area contributed by atoms with Crippen LogP contribution in [0.15, 0.2) is 12.1 Å². The van der Waals surface area contributed by atoms with Gasteiger partial charge in [0.2, 0.25) is 0 Å². The number of benzene rings is 1. The van der Waals surface area contributed by atoms with Gasteiger partial charge in [-0.1, -0.05) is 0 Å². The van der Waals surface area contributed by atoms with E-state index in [0.717, 1.165) is 6.07 Å². The highest BCUT2D eigenvalue weighted by molar-refractivity contribution is 5.85. The van der Waals surface area contributed by atoms with Gasteiger partial charge in [-0.15, -0.1) is 24.8 Å². The third kappa shape index (κ3) is 5.63. The first-order valence-electron chi connectivity index (χ1n) is 4.74. The van der Waals surface area contributed by atoms with Gasteiger partial charge < -0.3 is 20.9 Å². The van der Waals surface area contributed by atoms with Crippen molar-refractivity contribution in [1.82, 2.24) is 0 Å². The maximum absolute atomic E-state index is 12.7. The number of anilines is 2. The molecule has 0 saturated carbocycles. The molecule has 0 saturated heterocycles. The molecule has 1 aromatic carbocycles. The summed E-state index contributed by atoms with van der Waals surface area (Å²) in [4.78, 5) is 0. The number of alkyl halides is 3. The predicted molar refractivity (Wildman–Crippen MR) is 72.1 cm³/mol. The van der Waals surface area contributed by atoms with E-state index < -0.39 is 17.5 Å². The molecule has 0 radical (unpaired) electrons. The fourth-order valence-electron chi connectivity index (χ4n) is 1.27. The first-order valence-corrected chi connectivity index (χ1v) is 4.74. The van der Waals surface area contributed by atoms with Crippen LogP contribution in [0.5, 0.6) is 5.75 Å². The first kappa shape index (κ1) is 20.3. The van der Waals surface area contributed by atoms with Crippen LogP contribution in [0.25, 0.3) is 0 Å². The number of nitrogen functional groups attached to an aromatic ring is 2. The Balaban J connectivity index is 0. The van der Waals surface area contributed by atoms with Gasteiger partial charge in [0.1, 0.15) is 12.2 Å². The Kier molecular flexibility index (Phi) is 8.73. The summed E-state index contributed by atoms with van der Waals surface area (Å²) in [6.07, 6.45) is -4.56. The quantitative estimate of drug-likeness (QED) is 0.660. The van der Waals surface area contributed by atoms with Gasteiger partial charge in [0.05, 0.1) is 12.3 Å². The number of ether oxygens (including phenoxy) is 2. The van der Waals surface area contributed by atoms with E-state index in [1.807, 2.05) is 0 Å². The van der Waals surface area contributed by atoms with E-state index in [1.54, 1.807) is 0 Å². The SMILES string of the molecule is COCCOc1c(N)cc(N)cc1C(F)(F)F.Cl.Cl. The van der Waals surface area contributed by atoms with Crippen molar-refractivity contribution in [2.24, 2.45) is 0 Å². The standard InChI is InChI=1S/C10H13F3N2O2.2ClH/c1-16-2-3-17-9-7(10(11,12)13)4-6(14)5-8(9)15;;/h4-5H,2-3,14-15H2,1H3;2*1H. The first-order chi connectivity index (χ1) is 7.86. The lowest BCUT2D eigenvalue weighted by Gasteiger charge is -2.16. The Hall–Kier alpha value is -1.05. The molecule has 0 aromatic heterocycles. The van der Waals surface area contributed by atoms with E-state index in [-0.39, 0.29) is 49.4 Å². The largest absolute Gasteiger partial charge is 0.488 e. The summed E-state index contributed by atoms with van der Waals surface area (Å²) in [7, 11) is 1.42. The van der Waals surface area contributed by atoms with Crippen LogP contribution in [-0.2, 0) is 10.9 Å². The average molecular weight is 323 g/mol. The lowest BCUT2D eigenvalue weighted by Crippen LogP contribution is -2.13. The summed E-state index contributed by atoms with van der Waals surface area (Å²) in [5, 5.41) is 0. The van der Waals surface area contributed by atoms with E-state index in [9.17, 15) is 13.2 Å². The van der Waals surface area contributed by atoms with Gasteiger partial charge in [-0.25, -0.2) is 0 Å². The van der Waals surface area contributed by atoms with E-state index in [4.69, 9.17) is 16.2 Å². The maximum Gasteiger partial charge on any atom is 0.420 e. The number of rotatable bonds is 4. The number of halogens is 5. The molecular weight excluding hydrogens is 308 g/mol. The minimum Gasteiger partial charge on any atom is -0.488 e. The lowest BCUT2D eigenvalue weighted by molar-refractivity contribution is -0.138. The van der Waals surface area contributed by atoms with E-state index in [2.05, 4.69) is 4.74 Å². The highest BCUT2D eigenvalue weighted by Gasteiger charge is 2.35. The molecule has 0 amide bonds. The second kappa shape index (κ2) is 8.19. The smallest absolute Gasteiger partial charge is 0.420 e. The molecule has 19 heavy (non-hydrogen) atoms. The fourth-order valence-corrected chi connectivity index (χ4v) is 1.27. The monoisotopic (exact) mass is 322 g/mol. The molecule has 0 unspecified atom stereocenters. The van der Waals surface area contributed by atoms with E-state index >= 15 is 0 Å². The average Bonchev–Trinajstić information content (AvgIpc) is 2.19. The van der Waals surface area contributed by atoms with Gasteiger partial charge >= 0.3 is 6.18 Å². The minimum absolute atomic E-state index is 0. The number of hydrogen-bond donors (Lipinski definition) is 2. The molecule has 0 spiro atoms. The van der Waals surface area contributed by atoms with Crippen LogP contribution in [0.3, 0.4) is 0 Å². The molecule has 0 aliphatic carbocycles. The summed E-state index contributed by atoms with van der Waals surface area (Å²) in [5.41, 5.74) is 9.59. The molecule has 4 N–H and O–H groups in total. The van der Waals surface area contributed by atoms with Gasteiger partial charge in [-0.2, -0.15) is 13.2 Å². The molecule has 9 heteroatoms. The van der Waals surface area contributed by atoms with Crippen molar-refractivity contribution in [3.05, 3.63) is 17.7 Å². The van der Waals surface area contributed by atoms with Gasteiger partial charge in [-0.3, -0.25) is 0 Å². The molecule has 0 bridgehead atoms. The zero-order chi connectivity index (χ0) is 13.1. The molecule has 0 atom stereocenters. The molecule has 0 aliphatic heterocycles. The third-order valence-corrected chi connectivity index (χ3v) is 1.98. The van der Waals surface area contributed by atoms with Gasteiger partial charge in [0.25, 0.3) is 0 Å². The molecule has 4 nitrogen and oxygen atoms in total. The van der Waals surface area contributed by atoms with Gasteiger partial charge in [0.15, 0.2) is 5.75 Å². The number of hydrogen-bond acceptors (Lipinski definition) is 4. The minimum atomic E-state index is -4.56. The lowest BCUT2D eigenvalue weighted by atomic mass is 10.1. The van der Waals surface area contributed by atoms with Crippen molar-refractivity contribution >= 4 is 36.2 Å². The Morgan fingerprint density at radius 2 is 1.68 bits per heavy atom. The van der Waals surface area contributed by atoms with Crippen molar-refractivity contribution in [2.45, 2.75) is 6.18 Å². The molecule has 1 rings (SSSR count). The summed E-state index contributed by atoms with van der Waals surface area (Å²) in [6, 6.07) is 2.01. The van der Waals surface area contributed by atoms with Crippen molar-refractivity contribution in [2.75, 3.05) is 31.8 Å². The van der Waals surface area contributed by atoms with Crippen LogP contribution in [0.4, 0.5) is 24.5 Å². The maximum atomic E-state index is 12.7. The van der Waals surface area contributed by atoms with Crippen molar-refractivity contribution in [1.29, 1.82) is 0 Å². The van der Waals surface area contributed by atoms with Crippen molar-refractivity contribution in [3.63, 3.8) is 0 Å². The van der Waals surface area contributed by atoms with E-state index in [0.29, 0.717) is 0 Å². The Labute approximate surface area is 121 Å². The van der Waals surface area contributed by atoms with Crippen LogP contribution < -0.4 is 16.2 Å². The van der Waals surface area contributed by atoms with Crippen molar-refractivity contribution < 1.29 is 22.6 Å². The molecule has 1 aromatic rings. The van der Waals surface area contributed by atoms with Crippen LogP contribution in [0.2, 0.25) is 0 Å². The summed E-state index contributed by atoms with van der Waals surface area (Å²) >= 11 is 0. The topological polar surface area (TPSA) is 70.5 Å². The zero-order valence-corrected chi connectivity index (χ0v) is 11.6. The molecule has 0 fully saturated rings. The Morgan fingerprint density at radius 3 is 2.16 bits per heavy atom. The molecule has 0 heterocycles. The normalized spacial score (nSPS) is 10.3. The molecule has 0 aliphatic rings. The highest BCUT2D eigenvalue weighted by atomic mass is 35.5. The summed E-state index contributed by atoms with van der Waals surface area (Å²) in [6.45, 7) is 0.148. The van der Waals surface area contributed by atoms with Gasteiger partial charge in [0, 0.05) is 12.8 Å². The zero-order valence-electron chi connectivity index (χ0n) is 9.99. The summed E-state index contributed by atoms with van der Waals surface area (Å²) in [5.74, 6) is -0.413. The second-order valence-corrected chi connectivity index (χ2v) is 3.33. The van der Waals surface area contributed by atoms with Crippen LogP contribution in [-0.4, -0.2) is 20.3 Å². The van der Waals surface area contributed by atoms with Crippen LogP contribution in [0.1, 0.15) is 5.56 Å². The number of methoxy groups -OCH3 is 1. The summed E-state index contributed by atoms with van der Waals surface area (Å²) < 4.78 is 47.7. The highest BCUT2D eigenvalue weighted by Crippen LogP contribution is 2.40. The van der Waals surface area contributed by atoms with Gasteiger partial charge in [-0.05, 0) is 12.1 Å². The number of nitrogens with two attached hydrogens (primary N) is 2. The fraction of sp³-hybridized carbons (Fsp3) is 0.400. The second-order valence-electron chi connectivity index (χ2n) is 3.33. The Bertz CT molecular complexity index is 403. The predicted octanol–water partition coefficient (Wildman–Crippen LogP) is 2.74. The van der Waals surface area contributed by atoms with Crippen LogP contribution in [0, 0.1) is 0 Å². The van der Waals surface area contributed by atoms with Crippen LogP contribution >= 0.6 is 24.8 Å². The van der Waals surface area contributed by atoms with Crippen molar-refractivity contribution in [3.8, 4) is 5.75 Å². The molecule has 112 valence electrons. The Morgan fingerprint density at radius 1 is 1.11 bits per heavy atom. The third-order valence-electron chi connectivity index (χ3n) is 1.98. The molecular formula is C10H15Cl2F3N2O2.